The van der Waals surface area contributed by atoms with Crippen molar-refractivity contribution in [2.45, 2.75) is 101 Å². The van der Waals surface area contributed by atoms with Crippen molar-refractivity contribution in [1.29, 1.82) is 0 Å². The van der Waals surface area contributed by atoms with Crippen LogP contribution in [-0.4, -0.2) is 21.9 Å². The molecule has 0 radical (unpaired) electrons. The molecule has 0 aliphatic heterocycles. The molecule has 0 aromatic heterocycles. The number of hydrogen-bond donors (Lipinski definition) is 2. The van der Waals surface area contributed by atoms with Gasteiger partial charge in [0, 0.05) is 0 Å². The predicted molar refractivity (Wildman–Crippen MR) is 98.7 cm³/mol. The fourth-order valence-corrected chi connectivity index (χ4v) is 3.32. The van der Waals surface area contributed by atoms with Crippen molar-refractivity contribution < 1.29 is 9.90 Å². The number of alkyl halides is 1. The Morgan fingerprint density at radius 3 is 1.64 bits per heavy atom. The van der Waals surface area contributed by atoms with Crippen LogP contribution in [0.1, 0.15) is 96.8 Å². The van der Waals surface area contributed by atoms with Crippen molar-refractivity contribution in [2.24, 2.45) is 5.73 Å². The first-order valence-corrected chi connectivity index (χ1v) is 9.98. The highest BCUT2D eigenvalue weighted by Gasteiger charge is 2.33. The van der Waals surface area contributed by atoms with Crippen LogP contribution in [0.4, 0.5) is 0 Å². The van der Waals surface area contributed by atoms with Crippen molar-refractivity contribution in [3.63, 3.8) is 0 Å². The van der Waals surface area contributed by atoms with E-state index < -0.39 is 10.3 Å². The van der Waals surface area contributed by atoms with Crippen LogP contribution in [0.5, 0.6) is 0 Å². The SMILES string of the molecule is CCCCCCCCCCCCCCC(Br)(CCN)C(=O)O. The zero-order valence-corrected chi connectivity index (χ0v) is 16.0. The van der Waals surface area contributed by atoms with Gasteiger partial charge in [-0.25, -0.2) is 0 Å². The highest BCUT2D eigenvalue weighted by atomic mass is 79.9. The fraction of sp³-hybridized carbons (Fsp3) is 0.944. The molecule has 3 N–H and O–H groups in total. The van der Waals surface area contributed by atoms with E-state index in [0.717, 1.165) is 12.8 Å². The van der Waals surface area contributed by atoms with Gasteiger partial charge in [0.25, 0.3) is 0 Å². The van der Waals surface area contributed by atoms with Gasteiger partial charge in [0.2, 0.25) is 0 Å². The Bertz CT molecular complexity index is 274. The Morgan fingerprint density at radius 2 is 1.27 bits per heavy atom. The van der Waals surface area contributed by atoms with E-state index in [1.165, 1.54) is 64.2 Å². The summed E-state index contributed by atoms with van der Waals surface area (Å²) in [4.78, 5) is 11.2. The molecule has 0 amide bonds. The molecule has 0 saturated carbocycles. The molecule has 1 unspecified atom stereocenters. The largest absolute Gasteiger partial charge is 0.480 e. The summed E-state index contributed by atoms with van der Waals surface area (Å²) in [5.74, 6) is -0.777. The second kappa shape index (κ2) is 14.5. The summed E-state index contributed by atoms with van der Waals surface area (Å²) in [6.07, 6.45) is 16.7. The summed E-state index contributed by atoms with van der Waals surface area (Å²) < 4.78 is -0.805. The Labute approximate surface area is 145 Å². The second-order valence-corrected chi connectivity index (χ2v) is 7.97. The minimum absolute atomic E-state index is 0.413. The molecular weight excluding hydrogens is 342 g/mol. The van der Waals surface area contributed by atoms with E-state index in [9.17, 15) is 9.90 Å². The third-order valence-electron chi connectivity index (χ3n) is 4.35. The Balaban J connectivity index is 3.41. The summed E-state index contributed by atoms with van der Waals surface area (Å²) in [5, 5.41) is 9.24. The van der Waals surface area contributed by atoms with Gasteiger partial charge in [0.15, 0.2) is 0 Å². The smallest absolute Gasteiger partial charge is 0.320 e. The van der Waals surface area contributed by atoms with E-state index in [0.29, 0.717) is 19.4 Å². The fourth-order valence-electron chi connectivity index (χ4n) is 2.81. The van der Waals surface area contributed by atoms with Crippen LogP contribution in [0, 0.1) is 0 Å². The molecule has 0 bridgehead atoms. The van der Waals surface area contributed by atoms with Gasteiger partial charge in [-0.2, -0.15) is 0 Å². The quantitative estimate of drug-likeness (QED) is 0.270. The summed E-state index contributed by atoms with van der Waals surface area (Å²) in [6, 6.07) is 0. The lowest BCUT2D eigenvalue weighted by Crippen LogP contribution is -2.34. The number of halogens is 1. The summed E-state index contributed by atoms with van der Waals surface area (Å²) >= 11 is 3.36. The van der Waals surface area contributed by atoms with Crippen LogP contribution in [0.3, 0.4) is 0 Å². The first-order chi connectivity index (χ1) is 10.6. The topological polar surface area (TPSA) is 63.3 Å². The van der Waals surface area contributed by atoms with Gasteiger partial charge in [0.1, 0.15) is 4.32 Å². The molecule has 0 aliphatic rings. The molecule has 132 valence electrons. The number of unbranched alkanes of at least 4 members (excludes halogenated alkanes) is 11. The van der Waals surface area contributed by atoms with Crippen LogP contribution < -0.4 is 5.73 Å². The molecular formula is C18H36BrNO2. The molecule has 0 aromatic rings. The predicted octanol–water partition coefficient (Wildman–Crippen LogP) is 5.64. The molecule has 0 spiro atoms. The number of carbonyl (C=O) groups is 1. The van der Waals surface area contributed by atoms with Gasteiger partial charge in [-0.15, -0.1) is 0 Å². The van der Waals surface area contributed by atoms with Crippen molar-refractivity contribution in [2.75, 3.05) is 6.54 Å². The number of carboxylic acid groups (broad SMARTS) is 1. The molecule has 0 fully saturated rings. The number of nitrogens with two attached hydrogens (primary N) is 1. The molecule has 0 aliphatic carbocycles. The molecule has 4 heteroatoms. The monoisotopic (exact) mass is 377 g/mol. The highest BCUT2D eigenvalue weighted by molar-refractivity contribution is 9.10. The van der Waals surface area contributed by atoms with Gasteiger partial charge in [0.05, 0.1) is 0 Å². The maximum Gasteiger partial charge on any atom is 0.320 e. The molecule has 0 heterocycles. The normalized spacial score (nSPS) is 14.0. The number of hydrogen-bond acceptors (Lipinski definition) is 2. The zero-order chi connectivity index (χ0) is 16.7. The third-order valence-corrected chi connectivity index (χ3v) is 5.48. The first-order valence-electron chi connectivity index (χ1n) is 9.19. The van der Waals surface area contributed by atoms with Gasteiger partial charge in [-0.3, -0.25) is 4.79 Å². The molecule has 0 rings (SSSR count). The number of carboxylic acids is 1. The van der Waals surface area contributed by atoms with Crippen LogP contribution in [0.25, 0.3) is 0 Å². The van der Waals surface area contributed by atoms with Crippen molar-refractivity contribution >= 4 is 21.9 Å². The van der Waals surface area contributed by atoms with Crippen molar-refractivity contribution in [1.82, 2.24) is 0 Å². The molecule has 22 heavy (non-hydrogen) atoms. The minimum atomic E-state index is -0.805. The molecule has 1 atom stereocenters. The van der Waals surface area contributed by atoms with Crippen molar-refractivity contribution in [3.8, 4) is 0 Å². The van der Waals surface area contributed by atoms with Gasteiger partial charge in [-0.1, -0.05) is 99.9 Å². The maximum absolute atomic E-state index is 11.2. The van der Waals surface area contributed by atoms with Crippen LogP contribution in [0.2, 0.25) is 0 Å². The van der Waals surface area contributed by atoms with Gasteiger partial charge < -0.3 is 10.8 Å². The lowest BCUT2D eigenvalue weighted by Gasteiger charge is -2.21. The van der Waals surface area contributed by atoms with Gasteiger partial charge in [-0.05, 0) is 19.4 Å². The van der Waals surface area contributed by atoms with Gasteiger partial charge >= 0.3 is 5.97 Å². The van der Waals surface area contributed by atoms with Crippen molar-refractivity contribution in [3.05, 3.63) is 0 Å². The van der Waals surface area contributed by atoms with E-state index in [2.05, 4.69) is 22.9 Å². The highest BCUT2D eigenvalue weighted by Crippen LogP contribution is 2.29. The van der Waals surface area contributed by atoms with E-state index >= 15 is 0 Å². The summed E-state index contributed by atoms with van der Waals surface area (Å²) in [5.41, 5.74) is 5.50. The van der Waals surface area contributed by atoms with E-state index in [1.54, 1.807) is 0 Å². The summed E-state index contributed by atoms with van der Waals surface area (Å²) in [7, 11) is 0. The van der Waals surface area contributed by atoms with Crippen LogP contribution >= 0.6 is 15.9 Å². The third kappa shape index (κ3) is 11.5. The van der Waals surface area contributed by atoms with E-state index in [4.69, 9.17) is 5.73 Å². The summed E-state index contributed by atoms with van der Waals surface area (Å²) in [6.45, 7) is 2.67. The Hall–Kier alpha value is -0.0900. The zero-order valence-electron chi connectivity index (χ0n) is 14.4. The number of rotatable bonds is 16. The average Bonchev–Trinajstić information content (AvgIpc) is 2.48. The first kappa shape index (κ1) is 21.9. The van der Waals surface area contributed by atoms with E-state index in [-0.39, 0.29) is 0 Å². The maximum atomic E-state index is 11.2. The second-order valence-electron chi connectivity index (χ2n) is 6.45. The Morgan fingerprint density at radius 1 is 0.864 bits per heavy atom. The average molecular weight is 378 g/mol. The standard InChI is InChI=1S/C18H36BrNO2/c1-2-3-4-5-6-7-8-9-10-11-12-13-14-18(19,15-16-20)17(21)22/h2-16,20H2,1H3,(H,21,22). The lowest BCUT2D eigenvalue weighted by molar-refractivity contribution is -0.140. The molecule has 0 aromatic carbocycles. The lowest BCUT2D eigenvalue weighted by atomic mass is 9.97. The Kier molecular flexibility index (Phi) is 14.4. The number of aliphatic carboxylic acids is 1. The molecule has 0 saturated heterocycles. The van der Waals surface area contributed by atoms with Crippen LogP contribution in [0.15, 0.2) is 0 Å². The van der Waals surface area contributed by atoms with Crippen LogP contribution in [-0.2, 0) is 4.79 Å². The minimum Gasteiger partial charge on any atom is -0.480 e. The molecule has 3 nitrogen and oxygen atoms in total. The van der Waals surface area contributed by atoms with E-state index in [1.807, 2.05) is 0 Å².